The van der Waals surface area contributed by atoms with E-state index in [-0.39, 0.29) is 36.1 Å². The molecule has 0 radical (unpaired) electrons. The number of rotatable bonds is 7. The van der Waals surface area contributed by atoms with Gasteiger partial charge in [0.1, 0.15) is 6.54 Å². The van der Waals surface area contributed by atoms with Crippen molar-refractivity contribution in [2.24, 2.45) is 0 Å². The Bertz CT molecular complexity index is 717. The molecule has 134 valence electrons. The Morgan fingerprint density at radius 3 is 2.52 bits per heavy atom. The lowest BCUT2D eigenvalue weighted by Crippen LogP contribution is -2.48. The first-order valence-corrected chi connectivity index (χ1v) is 9.14. The minimum Gasteiger partial charge on any atom is -0.350 e. The monoisotopic (exact) mass is 380 g/mol. The van der Waals surface area contributed by atoms with Gasteiger partial charge in [0.25, 0.3) is 5.91 Å². The number of hydrogen-bond acceptors (Lipinski definition) is 5. The van der Waals surface area contributed by atoms with E-state index in [1.54, 1.807) is 17.5 Å². The molecule has 0 saturated carbocycles. The molecule has 2 rings (SSSR count). The maximum atomic E-state index is 12.7. The third kappa shape index (κ3) is 5.79. The Hall–Kier alpha value is -1.99. The fourth-order valence-corrected chi connectivity index (χ4v) is 2.66. The van der Waals surface area contributed by atoms with Gasteiger partial charge >= 0.3 is 0 Å². The predicted molar refractivity (Wildman–Crippen MR) is 98.6 cm³/mol. The number of nitrogens with zero attached hydrogens (tertiary/aromatic N) is 3. The quantitative estimate of drug-likeness (QED) is 0.800. The molecule has 2 amide bonds. The summed E-state index contributed by atoms with van der Waals surface area (Å²) < 4.78 is 3.72. The molecule has 0 bridgehead atoms. The molecule has 1 aromatic heterocycles. The van der Waals surface area contributed by atoms with Gasteiger partial charge in [0.15, 0.2) is 5.69 Å². The maximum absolute atomic E-state index is 12.7. The molecule has 1 aromatic carbocycles. The van der Waals surface area contributed by atoms with Crippen molar-refractivity contribution in [3.05, 3.63) is 45.9 Å². The van der Waals surface area contributed by atoms with E-state index in [2.05, 4.69) is 14.9 Å². The van der Waals surface area contributed by atoms with Crippen LogP contribution in [0.4, 0.5) is 0 Å². The highest BCUT2D eigenvalue weighted by Crippen LogP contribution is 2.14. The topological polar surface area (TPSA) is 75.2 Å². The second kappa shape index (κ2) is 8.40. The van der Waals surface area contributed by atoms with E-state index in [1.165, 1.54) is 4.90 Å². The molecule has 6 nitrogen and oxygen atoms in total. The minimum absolute atomic E-state index is 0.0532. The van der Waals surface area contributed by atoms with Crippen LogP contribution in [-0.4, -0.2) is 38.4 Å². The number of hydrogen-bond donors (Lipinski definition) is 1. The van der Waals surface area contributed by atoms with Crippen LogP contribution >= 0.6 is 23.1 Å². The molecule has 0 aliphatic rings. The van der Waals surface area contributed by atoms with Crippen molar-refractivity contribution >= 4 is 34.9 Å². The maximum Gasteiger partial charge on any atom is 0.276 e. The lowest BCUT2D eigenvalue weighted by atomic mass is 10.0. The van der Waals surface area contributed by atoms with Crippen LogP contribution in [0.3, 0.4) is 0 Å². The molecule has 25 heavy (non-hydrogen) atoms. The van der Waals surface area contributed by atoms with Gasteiger partial charge in [0.2, 0.25) is 5.91 Å². The van der Waals surface area contributed by atoms with Crippen LogP contribution in [0.2, 0.25) is 5.02 Å². The second-order valence-corrected chi connectivity index (χ2v) is 7.41. The van der Waals surface area contributed by atoms with E-state index in [0.29, 0.717) is 5.02 Å². The first kappa shape index (κ1) is 19.3. The van der Waals surface area contributed by atoms with Crippen LogP contribution in [0.15, 0.2) is 29.6 Å². The highest BCUT2D eigenvalue weighted by Gasteiger charge is 2.24. The van der Waals surface area contributed by atoms with Crippen LogP contribution in [0, 0.1) is 0 Å². The molecule has 1 N–H and O–H groups in total. The molecule has 0 atom stereocenters. The van der Waals surface area contributed by atoms with Gasteiger partial charge < -0.3 is 10.2 Å². The lowest BCUT2D eigenvalue weighted by Gasteiger charge is -2.27. The van der Waals surface area contributed by atoms with Gasteiger partial charge in [-0.25, -0.2) is 0 Å². The largest absolute Gasteiger partial charge is 0.350 e. The number of aromatic nitrogens is 2. The highest BCUT2D eigenvalue weighted by atomic mass is 35.5. The number of carbonyl (C=O) groups is 2. The van der Waals surface area contributed by atoms with Gasteiger partial charge in [-0.3, -0.25) is 9.59 Å². The Labute approximate surface area is 156 Å². The van der Waals surface area contributed by atoms with Crippen molar-refractivity contribution in [1.82, 2.24) is 19.8 Å². The van der Waals surface area contributed by atoms with E-state index in [1.807, 2.05) is 32.9 Å². The highest BCUT2D eigenvalue weighted by molar-refractivity contribution is 7.03. The zero-order valence-electron chi connectivity index (χ0n) is 14.5. The molecule has 2 aromatic rings. The van der Waals surface area contributed by atoms with Gasteiger partial charge in [-0.1, -0.05) is 35.1 Å². The van der Waals surface area contributed by atoms with Crippen molar-refractivity contribution < 1.29 is 9.59 Å². The van der Waals surface area contributed by atoms with Crippen LogP contribution in [-0.2, 0) is 11.3 Å². The predicted octanol–water partition coefficient (Wildman–Crippen LogP) is 3.14. The smallest absolute Gasteiger partial charge is 0.276 e. The summed E-state index contributed by atoms with van der Waals surface area (Å²) in [6.07, 6.45) is 0.792. The summed E-state index contributed by atoms with van der Waals surface area (Å²) in [6, 6.07) is 7.17. The summed E-state index contributed by atoms with van der Waals surface area (Å²) >= 11 is 7.00. The Kier molecular flexibility index (Phi) is 6.50. The first-order chi connectivity index (χ1) is 11.8. The summed E-state index contributed by atoms with van der Waals surface area (Å²) in [7, 11) is 0. The molecule has 0 saturated heterocycles. The zero-order chi connectivity index (χ0) is 18.4. The summed E-state index contributed by atoms with van der Waals surface area (Å²) in [5.74, 6) is -0.537. The third-order valence-electron chi connectivity index (χ3n) is 3.85. The summed E-state index contributed by atoms with van der Waals surface area (Å²) in [5.41, 5.74) is 0.791. The molecule has 0 aliphatic heterocycles. The van der Waals surface area contributed by atoms with Crippen LogP contribution in [0.1, 0.15) is 43.2 Å². The summed E-state index contributed by atoms with van der Waals surface area (Å²) in [5, 5.41) is 8.95. The molecule has 1 heterocycles. The van der Waals surface area contributed by atoms with E-state index in [0.717, 1.165) is 23.5 Å². The Balaban J connectivity index is 2.15. The lowest BCUT2D eigenvalue weighted by molar-refractivity contribution is -0.123. The van der Waals surface area contributed by atoms with Gasteiger partial charge in [-0.05, 0) is 49.5 Å². The van der Waals surface area contributed by atoms with Crippen LogP contribution in [0.5, 0.6) is 0 Å². The minimum atomic E-state index is -0.326. The number of nitrogens with one attached hydrogen (secondary N) is 1. The number of amides is 2. The van der Waals surface area contributed by atoms with Gasteiger partial charge in [-0.2, -0.15) is 0 Å². The normalized spacial score (nSPS) is 11.2. The molecular formula is C17H21ClN4O2S. The van der Waals surface area contributed by atoms with Gasteiger partial charge in [0, 0.05) is 22.5 Å². The summed E-state index contributed by atoms with van der Waals surface area (Å²) in [4.78, 5) is 26.5. The molecule has 0 fully saturated rings. The van der Waals surface area contributed by atoms with Gasteiger partial charge in [-0.15, -0.1) is 5.10 Å². The van der Waals surface area contributed by atoms with Crippen LogP contribution in [0.25, 0.3) is 0 Å². The fraction of sp³-hybridized carbons (Fsp3) is 0.412. The molecular weight excluding hydrogens is 360 g/mol. The van der Waals surface area contributed by atoms with Crippen molar-refractivity contribution in [3.63, 3.8) is 0 Å². The zero-order valence-corrected chi connectivity index (χ0v) is 16.0. The van der Waals surface area contributed by atoms with E-state index < -0.39 is 0 Å². The SMILES string of the molecule is CCC(C)(C)NC(=O)CN(Cc1ccc(Cl)cc1)C(=O)c1csnn1. The molecule has 8 heteroatoms. The average Bonchev–Trinajstić information content (AvgIpc) is 3.09. The third-order valence-corrected chi connectivity index (χ3v) is 4.61. The van der Waals surface area contributed by atoms with E-state index >= 15 is 0 Å². The Morgan fingerprint density at radius 2 is 1.96 bits per heavy atom. The Morgan fingerprint density at radius 1 is 1.28 bits per heavy atom. The molecule has 0 spiro atoms. The average molecular weight is 381 g/mol. The second-order valence-electron chi connectivity index (χ2n) is 6.36. The number of carbonyl (C=O) groups excluding carboxylic acids is 2. The number of benzene rings is 1. The van der Waals surface area contributed by atoms with Crippen molar-refractivity contribution in [2.45, 2.75) is 39.3 Å². The van der Waals surface area contributed by atoms with Crippen molar-refractivity contribution in [3.8, 4) is 0 Å². The number of halogens is 1. The van der Waals surface area contributed by atoms with Crippen molar-refractivity contribution in [1.29, 1.82) is 0 Å². The van der Waals surface area contributed by atoms with Gasteiger partial charge in [0.05, 0.1) is 0 Å². The summed E-state index contributed by atoms with van der Waals surface area (Å²) in [6.45, 7) is 6.12. The van der Waals surface area contributed by atoms with E-state index in [4.69, 9.17) is 11.6 Å². The molecule has 0 aliphatic carbocycles. The first-order valence-electron chi connectivity index (χ1n) is 7.92. The molecule has 0 unspecified atom stereocenters. The standard InChI is InChI=1S/C17H21ClN4O2S/c1-4-17(2,3)19-15(23)10-22(16(24)14-11-25-21-20-14)9-12-5-7-13(18)8-6-12/h5-8,11H,4,9-10H2,1-3H3,(H,19,23). The van der Waals surface area contributed by atoms with Crippen LogP contribution < -0.4 is 5.32 Å². The fourth-order valence-electron chi connectivity index (χ4n) is 2.11. The van der Waals surface area contributed by atoms with Crippen molar-refractivity contribution in [2.75, 3.05) is 6.54 Å². The van der Waals surface area contributed by atoms with E-state index in [9.17, 15) is 9.59 Å².